The van der Waals surface area contributed by atoms with Crippen LogP contribution in [0.5, 0.6) is 5.75 Å². The van der Waals surface area contributed by atoms with Gasteiger partial charge in [-0.25, -0.2) is 0 Å². The summed E-state index contributed by atoms with van der Waals surface area (Å²) in [4.78, 5) is 11.9. The van der Waals surface area contributed by atoms with Crippen molar-refractivity contribution in [2.75, 3.05) is 0 Å². The molecule has 0 unspecified atom stereocenters. The summed E-state index contributed by atoms with van der Waals surface area (Å²) in [6.07, 6.45) is 0.461. The molecule has 0 saturated carbocycles. The molecular weight excluding hydrogens is 188 g/mol. The zero-order chi connectivity index (χ0) is 11.2. The van der Waals surface area contributed by atoms with Crippen molar-refractivity contribution in [3.8, 4) is 5.75 Å². The molecule has 80 valence electrons. The van der Waals surface area contributed by atoms with Gasteiger partial charge < -0.3 is 4.74 Å². The zero-order valence-electron chi connectivity index (χ0n) is 9.68. The Hall–Kier alpha value is -1.31. The highest BCUT2D eigenvalue weighted by Gasteiger charge is 2.33. The number of fused-ring (bicyclic) bond motifs is 1. The van der Waals surface area contributed by atoms with Gasteiger partial charge in [-0.3, -0.25) is 4.79 Å². The fourth-order valence-electron chi connectivity index (χ4n) is 2.09. The predicted molar refractivity (Wildman–Crippen MR) is 59.6 cm³/mol. The second-order valence-corrected chi connectivity index (χ2v) is 4.92. The molecule has 1 aromatic rings. The van der Waals surface area contributed by atoms with Crippen LogP contribution in [0.25, 0.3) is 0 Å². The molecule has 0 atom stereocenters. The highest BCUT2D eigenvalue weighted by atomic mass is 16.5. The van der Waals surface area contributed by atoms with E-state index in [0.717, 1.165) is 22.4 Å². The standard InChI is InChI=1S/C13H16O2/c1-8-5-9(2)12-10(6-8)11(14)7-13(3,4)15-12/h5-6H,7H2,1-4H3. The molecule has 1 aliphatic heterocycles. The minimum Gasteiger partial charge on any atom is -0.486 e. The maximum atomic E-state index is 11.9. The smallest absolute Gasteiger partial charge is 0.170 e. The van der Waals surface area contributed by atoms with E-state index < -0.39 is 0 Å². The number of hydrogen-bond acceptors (Lipinski definition) is 2. The van der Waals surface area contributed by atoms with E-state index >= 15 is 0 Å². The molecule has 0 aliphatic carbocycles. The molecule has 2 heteroatoms. The van der Waals surface area contributed by atoms with Crippen LogP contribution in [-0.4, -0.2) is 11.4 Å². The van der Waals surface area contributed by atoms with Crippen LogP contribution in [-0.2, 0) is 0 Å². The third-order valence-corrected chi connectivity index (χ3v) is 2.68. The molecule has 0 saturated heterocycles. The van der Waals surface area contributed by atoms with Crippen molar-refractivity contribution >= 4 is 5.78 Å². The Bertz CT molecular complexity index is 430. The second-order valence-electron chi connectivity index (χ2n) is 4.92. The summed E-state index contributed by atoms with van der Waals surface area (Å²) < 4.78 is 5.85. The number of ketones is 1. The molecule has 0 fully saturated rings. The first-order chi connectivity index (χ1) is 6.89. The van der Waals surface area contributed by atoms with Crippen molar-refractivity contribution in [2.45, 2.75) is 39.7 Å². The first-order valence-corrected chi connectivity index (χ1v) is 5.22. The lowest BCUT2D eigenvalue weighted by atomic mass is 9.91. The van der Waals surface area contributed by atoms with E-state index in [2.05, 4.69) is 0 Å². The molecule has 0 amide bonds. The van der Waals surface area contributed by atoms with Gasteiger partial charge in [0.15, 0.2) is 5.78 Å². The second kappa shape index (κ2) is 3.09. The summed E-state index contributed by atoms with van der Waals surface area (Å²) in [5.74, 6) is 0.954. The summed E-state index contributed by atoms with van der Waals surface area (Å²) in [5.41, 5.74) is 2.53. The van der Waals surface area contributed by atoms with Gasteiger partial charge in [-0.1, -0.05) is 6.07 Å². The van der Waals surface area contributed by atoms with Gasteiger partial charge >= 0.3 is 0 Å². The number of carbonyl (C=O) groups is 1. The topological polar surface area (TPSA) is 26.3 Å². The Labute approximate surface area is 90.3 Å². The van der Waals surface area contributed by atoms with Crippen molar-refractivity contribution in [2.24, 2.45) is 0 Å². The normalized spacial score (nSPS) is 18.3. The predicted octanol–water partition coefficient (Wildman–Crippen LogP) is 3.05. The third-order valence-electron chi connectivity index (χ3n) is 2.68. The summed E-state index contributed by atoms with van der Waals surface area (Å²) in [6.45, 7) is 7.89. The van der Waals surface area contributed by atoms with Crippen molar-refractivity contribution < 1.29 is 9.53 Å². The largest absolute Gasteiger partial charge is 0.486 e. The molecule has 1 heterocycles. The highest BCUT2D eigenvalue weighted by Crippen LogP contribution is 2.36. The number of rotatable bonds is 0. The minimum absolute atomic E-state index is 0.188. The fourth-order valence-corrected chi connectivity index (χ4v) is 2.09. The molecule has 0 radical (unpaired) electrons. The maximum absolute atomic E-state index is 11.9. The molecule has 1 aromatic carbocycles. The lowest BCUT2D eigenvalue weighted by molar-refractivity contribution is 0.0615. The van der Waals surface area contributed by atoms with Crippen molar-refractivity contribution in [1.29, 1.82) is 0 Å². The summed E-state index contributed by atoms with van der Waals surface area (Å²) >= 11 is 0. The summed E-state index contributed by atoms with van der Waals surface area (Å²) in [7, 11) is 0. The molecular formula is C13H16O2. The van der Waals surface area contributed by atoms with Crippen LogP contribution >= 0.6 is 0 Å². The summed E-state index contributed by atoms with van der Waals surface area (Å²) in [6, 6.07) is 3.97. The van der Waals surface area contributed by atoms with Gasteiger partial charge in [0.25, 0.3) is 0 Å². The molecule has 0 spiro atoms. The van der Waals surface area contributed by atoms with E-state index in [-0.39, 0.29) is 11.4 Å². The van der Waals surface area contributed by atoms with Gasteiger partial charge in [0.1, 0.15) is 11.4 Å². The number of benzene rings is 1. The molecule has 0 N–H and O–H groups in total. The maximum Gasteiger partial charge on any atom is 0.170 e. The van der Waals surface area contributed by atoms with Crippen molar-refractivity contribution in [3.63, 3.8) is 0 Å². The van der Waals surface area contributed by atoms with Crippen molar-refractivity contribution in [1.82, 2.24) is 0 Å². The van der Waals surface area contributed by atoms with Crippen LogP contribution in [0.15, 0.2) is 12.1 Å². The van der Waals surface area contributed by atoms with E-state index in [4.69, 9.17) is 4.74 Å². The fraction of sp³-hybridized carbons (Fsp3) is 0.462. The molecule has 2 nitrogen and oxygen atoms in total. The number of hydrogen-bond donors (Lipinski definition) is 0. The van der Waals surface area contributed by atoms with Gasteiger partial charge in [0, 0.05) is 0 Å². The molecule has 2 rings (SSSR count). The Balaban J connectivity index is 2.60. The van der Waals surface area contributed by atoms with Gasteiger partial charge in [-0.2, -0.15) is 0 Å². The molecule has 0 aromatic heterocycles. The molecule has 0 bridgehead atoms. The Morgan fingerprint density at radius 2 is 1.93 bits per heavy atom. The monoisotopic (exact) mass is 204 g/mol. The van der Waals surface area contributed by atoms with Gasteiger partial charge in [0.05, 0.1) is 12.0 Å². The van der Waals surface area contributed by atoms with Crippen molar-refractivity contribution in [3.05, 3.63) is 28.8 Å². The highest BCUT2D eigenvalue weighted by molar-refractivity contribution is 6.00. The first kappa shape index (κ1) is 10.2. The van der Waals surface area contributed by atoms with E-state index in [9.17, 15) is 4.79 Å². The number of ether oxygens (including phenoxy) is 1. The Kier molecular flexibility index (Phi) is 2.10. The molecule has 1 aliphatic rings. The minimum atomic E-state index is -0.371. The van der Waals surface area contributed by atoms with Crippen LogP contribution in [0.2, 0.25) is 0 Å². The van der Waals surface area contributed by atoms with Gasteiger partial charge in [-0.15, -0.1) is 0 Å². The number of aryl methyl sites for hydroxylation is 2. The van der Waals surface area contributed by atoms with Gasteiger partial charge in [0.2, 0.25) is 0 Å². The van der Waals surface area contributed by atoms with Crippen LogP contribution in [0.1, 0.15) is 41.8 Å². The lowest BCUT2D eigenvalue weighted by Gasteiger charge is -2.32. The summed E-state index contributed by atoms with van der Waals surface area (Å²) in [5, 5.41) is 0. The van der Waals surface area contributed by atoms with Crippen LogP contribution in [0, 0.1) is 13.8 Å². The third kappa shape index (κ3) is 1.76. The average molecular weight is 204 g/mol. The zero-order valence-corrected chi connectivity index (χ0v) is 9.68. The van der Waals surface area contributed by atoms with E-state index in [1.807, 2.05) is 39.8 Å². The van der Waals surface area contributed by atoms with Gasteiger partial charge in [-0.05, 0) is 44.9 Å². The van der Waals surface area contributed by atoms with E-state index in [1.54, 1.807) is 0 Å². The number of Topliss-reactive ketones (excluding diaryl/α,β-unsaturated/α-hetero) is 1. The Morgan fingerprint density at radius 3 is 2.60 bits per heavy atom. The SMILES string of the molecule is Cc1cc(C)c2c(c1)C(=O)CC(C)(C)O2. The van der Waals surface area contributed by atoms with E-state index in [1.165, 1.54) is 0 Å². The average Bonchev–Trinajstić information content (AvgIpc) is 2.06. The first-order valence-electron chi connectivity index (χ1n) is 5.22. The quantitative estimate of drug-likeness (QED) is 0.649. The lowest BCUT2D eigenvalue weighted by Crippen LogP contribution is -2.36. The van der Waals surface area contributed by atoms with E-state index in [0.29, 0.717) is 6.42 Å². The van der Waals surface area contributed by atoms with Crippen LogP contribution < -0.4 is 4.74 Å². The molecule has 15 heavy (non-hydrogen) atoms. The van der Waals surface area contributed by atoms with Crippen LogP contribution in [0.3, 0.4) is 0 Å². The Morgan fingerprint density at radius 1 is 1.27 bits per heavy atom. The number of carbonyl (C=O) groups excluding carboxylic acids is 1. The van der Waals surface area contributed by atoms with Crippen LogP contribution in [0.4, 0.5) is 0 Å².